The Morgan fingerprint density at radius 3 is 1.92 bits per heavy atom. The highest BCUT2D eigenvalue weighted by Gasteiger charge is 2.29. The monoisotopic (exact) mass is 717 g/mol. The molecule has 0 saturated carbocycles. The molecule has 1 rings (SSSR count). The molecule has 15 nitrogen and oxygen atoms in total. The maximum atomic E-state index is 13.3. The number of carbonyl (C=O) groups is 7. The van der Waals surface area contributed by atoms with Gasteiger partial charge < -0.3 is 32.3 Å². The summed E-state index contributed by atoms with van der Waals surface area (Å²) in [6.45, 7) is 11.7. The average Bonchev–Trinajstić information content (AvgIpc) is 3.06. The van der Waals surface area contributed by atoms with Gasteiger partial charge in [-0.1, -0.05) is 60.1 Å². The van der Waals surface area contributed by atoms with Crippen LogP contribution in [0.5, 0.6) is 0 Å². The Hall–Kier alpha value is -4.53. The van der Waals surface area contributed by atoms with E-state index in [-0.39, 0.29) is 73.7 Å². The summed E-state index contributed by atoms with van der Waals surface area (Å²) in [5.41, 5.74) is 8.76. The van der Waals surface area contributed by atoms with Crippen molar-refractivity contribution in [2.75, 3.05) is 18.4 Å². The summed E-state index contributed by atoms with van der Waals surface area (Å²) in [6.07, 6.45) is 3.79. The van der Waals surface area contributed by atoms with Gasteiger partial charge in [-0.3, -0.25) is 33.6 Å². The van der Waals surface area contributed by atoms with E-state index in [0.29, 0.717) is 37.9 Å². The van der Waals surface area contributed by atoms with Gasteiger partial charge in [-0.2, -0.15) is 0 Å². The van der Waals surface area contributed by atoms with Gasteiger partial charge in [0.15, 0.2) is 0 Å². The van der Waals surface area contributed by atoms with E-state index in [1.54, 1.807) is 52.0 Å². The Bertz CT molecular complexity index is 1280. The van der Waals surface area contributed by atoms with Crippen LogP contribution in [0.2, 0.25) is 0 Å². The number of primary amides is 1. The van der Waals surface area contributed by atoms with Gasteiger partial charge in [0, 0.05) is 49.9 Å². The van der Waals surface area contributed by atoms with Crippen molar-refractivity contribution in [3.8, 4) is 0 Å². The summed E-state index contributed by atoms with van der Waals surface area (Å²) in [4.78, 5) is 91.2. The molecular weight excluding hydrogens is 658 g/mol. The summed E-state index contributed by atoms with van der Waals surface area (Å²) >= 11 is 0. The molecule has 1 aromatic carbocycles. The second kappa shape index (κ2) is 24.6. The lowest BCUT2D eigenvalue weighted by Crippen LogP contribution is -2.54. The number of amides is 7. The fraction of sp³-hybridized carbons (Fsp3) is 0.639. The van der Waals surface area contributed by atoms with Crippen molar-refractivity contribution >= 4 is 47.0 Å². The third-order valence-corrected chi connectivity index (χ3v) is 7.89. The van der Waals surface area contributed by atoms with Gasteiger partial charge in [0.2, 0.25) is 29.5 Å². The second-order valence-corrected chi connectivity index (χ2v) is 13.5. The van der Waals surface area contributed by atoms with Crippen LogP contribution in [0.3, 0.4) is 0 Å². The van der Waals surface area contributed by atoms with Crippen LogP contribution in [-0.2, 0) is 40.2 Å². The summed E-state index contributed by atoms with van der Waals surface area (Å²) in [6, 6.07) is 4.14. The van der Waals surface area contributed by atoms with E-state index in [4.69, 9.17) is 10.6 Å². The number of hydrogen-bond donors (Lipinski definition) is 7. The zero-order valence-electron chi connectivity index (χ0n) is 31.0. The number of rotatable bonds is 25. The molecule has 0 heterocycles. The number of benzene rings is 1. The molecule has 0 aliphatic heterocycles. The summed E-state index contributed by atoms with van der Waals surface area (Å²) < 4.78 is 0. The molecule has 0 fully saturated rings. The van der Waals surface area contributed by atoms with E-state index >= 15 is 0 Å². The van der Waals surface area contributed by atoms with Gasteiger partial charge >= 0.3 is 6.03 Å². The van der Waals surface area contributed by atoms with Crippen LogP contribution in [0.25, 0.3) is 0 Å². The minimum atomic E-state index is -0.994. The van der Waals surface area contributed by atoms with E-state index in [2.05, 4.69) is 32.1 Å². The zero-order chi connectivity index (χ0) is 38.3. The van der Waals surface area contributed by atoms with Crippen LogP contribution in [0.1, 0.15) is 105 Å². The van der Waals surface area contributed by atoms with E-state index in [1.807, 2.05) is 13.8 Å². The normalized spacial score (nSPS) is 12.2. The van der Waals surface area contributed by atoms with Crippen molar-refractivity contribution in [2.24, 2.45) is 23.5 Å². The molecule has 0 aliphatic rings. The van der Waals surface area contributed by atoms with Gasteiger partial charge in [-0.25, -0.2) is 10.3 Å². The van der Waals surface area contributed by atoms with Crippen molar-refractivity contribution in [2.45, 2.75) is 118 Å². The summed E-state index contributed by atoms with van der Waals surface area (Å²) in [5, 5.41) is 13.6. The first-order valence-electron chi connectivity index (χ1n) is 17.8. The van der Waals surface area contributed by atoms with Gasteiger partial charge in [0.25, 0.3) is 0 Å². The molecule has 0 aromatic heterocycles. The highest BCUT2D eigenvalue weighted by Crippen LogP contribution is 2.13. The van der Waals surface area contributed by atoms with Crippen molar-refractivity contribution in [1.82, 2.24) is 26.7 Å². The first kappa shape index (κ1) is 44.5. The number of nitrogens with one attached hydrogen (secondary N) is 6. The Labute approximate surface area is 301 Å². The fourth-order valence-electron chi connectivity index (χ4n) is 4.71. The van der Waals surface area contributed by atoms with E-state index < -0.39 is 29.9 Å². The molecule has 0 aliphatic carbocycles. The van der Waals surface area contributed by atoms with Gasteiger partial charge in [-0.15, -0.1) is 0 Å². The maximum Gasteiger partial charge on any atom is 0.312 e. The molecule has 51 heavy (non-hydrogen) atoms. The predicted octanol–water partition coefficient (Wildman–Crippen LogP) is 2.98. The van der Waals surface area contributed by atoms with Crippen LogP contribution in [0.15, 0.2) is 24.3 Å². The Kier molecular flexibility index (Phi) is 21.5. The molecule has 8 N–H and O–H groups in total. The van der Waals surface area contributed by atoms with Crippen molar-refractivity contribution in [1.29, 1.82) is 0 Å². The Balaban J connectivity index is 2.68. The van der Waals surface area contributed by atoms with Crippen molar-refractivity contribution < 1.29 is 38.4 Å². The third-order valence-electron chi connectivity index (χ3n) is 7.89. The number of ketones is 1. The van der Waals surface area contributed by atoms with E-state index in [1.165, 1.54) is 0 Å². The predicted molar refractivity (Wildman–Crippen MR) is 194 cm³/mol. The molecule has 0 bridgehead atoms. The smallest absolute Gasteiger partial charge is 0.312 e. The topological polar surface area (TPSA) is 227 Å². The molecule has 0 radical (unpaired) electrons. The lowest BCUT2D eigenvalue weighted by atomic mass is 10.0. The summed E-state index contributed by atoms with van der Waals surface area (Å²) in [5.74, 6) is -2.03. The molecule has 0 spiro atoms. The van der Waals surface area contributed by atoms with Crippen molar-refractivity contribution in [3.05, 3.63) is 29.8 Å². The van der Waals surface area contributed by atoms with Gasteiger partial charge in [-0.05, 0) is 55.7 Å². The molecule has 2 atom stereocenters. The highest BCUT2D eigenvalue weighted by atomic mass is 16.6. The highest BCUT2D eigenvalue weighted by molar-refractivity contribution is 5.98. The SMILES string of the molecule is CC(C)C(=O)CCCC(=O)N[C@H](C(=O)N[C@@H](CCCNC(N)=O)C(=O)Nc1ccc(CONC(=O)CCCCCNC(=O)C(C)C)cc1)C(C)C. The number of nitrogens with two attached hydrogens (primary N) is 1. The largest absolute Gasteiger partial charge is 0.356 e. The molecular formula is C36H59N7O8. The lowest BCUT2D eigenvalue weighted by Gasteiger charge is -2.25. The van der Waals surface area contributed by atoms with E-state index in [0.717, 1.165) is 18.4 Å². The standard InChI is InChI=1S/C36H59N7O8/c1-23(2)29(44)13-10-15-30(45)42-32(24(3)4)35(49)41-28(12-11-21-39-36(37)50)34(48)40-27-18-16-26(17-19-27)22-51-43-31(46)14-8-7-9-20-38-33(47)25(5)6/h16-19,23-25,28,32H,7-15,20-22H2,1-6H3,(H,38,47)(H,40,48)(H,41,49)(H,42,45)(H,43,46)(H3,37,39,50)/t28-,32-/m0/s1. The molecule has 286 valence electrons. The van der Waals surface area contributed by atoms with Crippen LogP contribution < -0.4 is 37.8 Å². The Morgan fingerprint density at radius 1 is 0.667 bits per heavy atom. The number of hydrogen-bond acceptors (Lipinski definition) is 8. The van der Waals surface area contributed by atoms with Crippen LogP contribution in [0.4, 0.5) is 10.5 Å². The van der Waals surface area contributed by atoms with E-state index in [9.17, 15) is 33.6 Å². The van der Waals surface area contributed by atoms with Crippen LogP contribution in [-0.4, -0.2) is 66.5 Å². The number of hydroxylamine groups is 1. The first-order chi connectivity index (χ1) is 24.1. The lowest BCUT2D eigenvalue weighted by molar-refractivity contribution is -0.134. The molecule has 0 unspecified atom stereocenters. The zero-order valence-corrected chi connectivity index (χ0v) is 31.0. The molecule has 15 heteroatoms. The number of anilines is 1. The number of unbranched alkanes of at least 4 members (excludes halogenated alkanes) is 2. The molecule has 7 amide bonds. The number of Topliss-reactive ketones (excluding diaryl/α,β-unsaturated/α-hetero) is 1. The number of carbonyl (C=O) groups excluding carboxylic acids is 7. The van der Waals surface area contributed by atoms with Gasteiger partial charge in [0.05, 0.1) is 6.61 Å². The first-order valence-corrected chi connectivity index (χ1v) is 17.8. The molecule has 1 aromatic rings. The maximum absolute atomic E-state index is 13.3. The second-order valence-electron chi connectivity index (χ2n) is 13.5. The summed E-state index contributed by atoms with van der Waals surface area (Å²) in [7, 11) is 0. The number of urea groups is 1. The molecule has 0 saturated heterocycles. The van der Waals surface area contributed by atoms with Gasteiger partial charge in [0.1, 0.15) is 17.9 Å². The minimum absolute atomic E-state index is 0.0134. The van der Waals surface area contributed by atoms with Crippen LogP contribution in [0, 0.1) is 17.8 Å². The minimum Gasteiger partial charge on any atom is -0.356 e. The average molecular weight is 718 g/mol. The van der Waals surface area contributed by atoms with Crippen LogP contribution >= 0.6 is 0 Å². The fourth-order valence-corrected chi connectivity index (χ4v) is 4.71. The third kappa shape index (κ3) is 20.0. The Morgan fingerprint density at radius 2 is 1.31 bits per heavy atom. The quantitative estimate of drug-likeness (QED) is 0.0586. The van der Waals surface area contributed by atoms with Crippen molar-refractivity contribution in [3.63, 3.8) is 0 Å².